The quantitative estimate of drug-likeness (QED) is 0.371. The maximum Gasteiger partial charge on any atom is 0.318 e. The molecule has 1 aliphatic carbocycles. The summed E-state index contributed by atoms with van der Waals surface area (Å²) in [7, 11) is 0. The van der Waals surface area contributed by atoms with Gasteiger partial charge in [-0.05, 0) is 74.0 Å². The summed E-state index contributed by atoms with van der Waals surface area (Å²) >= 11 is 0. The van der Waals surface area contributed by atoms with Gasteiger partial charge >= 0.3 is 6.01 Å². The Labute approximate surface area is 230 Å². The van der Waals surface area contributed by atoms with E-state index in [-0.39, 0.29) is 40.5 Å². The number of aromatic hydroxyl groups is 1. The van der Waals surface area contributed by atoms with Crippen LogP contribution in [0.2, 0.25) is 0 Å². The van der Waals surface area contributed by atoms with Crippen LogP contribution in [0.25, 0.3) is 32.9 Å². The van der Waals surface area contributed by atoms with Gasteiger partial charge in [0.1, 0.15) is 23.1 Å². The topological polar surface area (TPSA) is 83.4 Å². The lowest BCUT2D eigenvalue weighted by Crippen LogP contribution is -2.55. The highest BCUT2D eigenvalue weighted by molar-refractivity contribution is 5.99. The highest BCUT2D eigenvalue weighted by Crippen LogP contribution is 2.59. The second-order valence-corrected chi connectivity index (χ2v) is 12.0. The van der Waals surface area contributed by atoms with Crippen molar-refractivity contribution in [2.75, 3.05) is 26.2 Å². The summed E-state index contributed by atoms with van der Waals surface area (Å²) in [5.41, 5.74) is 1.46. The molecule has 9 heteroatoms. The van der Waals surface area contributed by atoms with Crippen molar-refractivity contribution in [1.29, 1.82) is 0 Å². The molecule has 6 atom stereocenters. The van der Waals surface area contributed by atoms with Gasteiger partial charge in [0.2, 0.25) is 0 Å². The predicted octanol–water partition coefficient (Wildman–Crippen LogP) is 5.10. The van der Waals surface area contributed by atoms with Crippen molar-refractivity contribution < 1.29 is 18.6 Å². The molecule has 40 heavy (non-hydrogen) atoms. The molecule has 4 aromatic rings. The minimum absolute atomic E-state index is 0.0425. The summed E-state index contributed by atoms with van der Waals surface area (Å²) in [6.07, 6.45) is 4.77. The number of hydrogen-bond donors (Lipinski definition) is 2. The van der Waals surface area contributed by atoms with E-state index >= 15 is 4.39 Å². The molecule has 2 bridgehead atoms. The summed E-state index contributed by atoms with van der Waals surface area (Å²) in [5.74, 6) is -0.0318. The number of fused-ring (bicyclic) bond motifs is 5. The van der Waals surface area contributed by atoms with Gasteiger partial charge in [0.15, 0.2) is 12.0 Å². The average molecular weight is 544 g/mol. The monoisotopic (exact) mass is 543 g/mol. The summed E-state index contributed by atoms with van der Waals surface area (Å²) in [5, 5.41) is 16.1. The zero-order valence-corrected chi connectivity index (χ0v) is 22.1. The van der Waals surface area contributed by atoms with Gasteiger partial charge in [0, 0.05) is 41.6 Å². The number of nitrogens with one attached hydrogen (secondary N) is 1. The Balaban J connectivity index is 1.29. The molecular weight excluding hydrogens is 512 g/mol. The van der Waals surface area contributed by atoms with Crippen LogP contribution in [0, 0.1) is 17.7 Å². The smallest absolute Gasteiger partial charge is 0.318 e. The molecule has 3 aliphatic heterocycles. The molecule has 206 valence electrons. The molecule has 7 nitrogen and oxygen atoms in total. The maximum absolute atomic E-state index is 16.6. The number of aromatic nitrogens is 3. The van der Waals surface area contributed by atoms with Crippen LogP contribution in [0.5, 0.6) is 11.8 Å². The number of rotatable bonds is 4. The van der Waals surface area contributed by atoms with E-state index in [0.717, 1.165) is 61.8 Å². The molecule has 2 aromatic carbocycles. The molecular formula is C31H31F2N5O2. The van der Waals surface area contributed by atoms with Crippen molar-refractivity contribution in [2.45, 2.75) is 49.9 Å². The van der Waals surface area contributed by atoms with Gasteiger partial charge in [-0.3, -0.25) is 9.88 Å². The molecule has 0 amide bonds. The molecule has 1 saturated carbocycles. The van der Waals surface area contributed by atoms with E-state index in [1.54, 1.807) is 18.3 Å². The summed E-state index contributed by atoms with van der Waals surface area (Å²) < 4.78 is 37.4. The standard InChI is InChI=1S/C31H31F2N5O2/c32-20-10-18-5-3-9-38(16-20)29(18)40-30-36-27-24(28(37-30)31-7-8-34-14-19(31)13-31)15-35-26(25(27)33)23-12-21(39)11-17-4-1-2-6-22(17)23/h1-2,4,6,11-12,15,18-20,29,34,39H,3,5,7-10,13-14,16H2/t18-,19?,20-,29?,31?/m1/s1. The van der Waals surface area contributed by atoms with Crippen molar-refractivity contribution in [1.82, 2.24) is 25.2 Å². The summed E-state index contributed by atoms with van der Waals surface area (Å²) in [4.78, 5) is 16.3. The van der Waals surface area contributed by atoms with Crippen LogP contribution < -0.4 is 10.1 Å². The lowest BCUT2D eigenvalue weighted by Gasteiger charge is -2.45. The fraction of sp³-hybridized carbons (Fsp3) is 0.452. The van der Waals surface area contributed by atoms with Crippen LogP contribution in [0.15, 0.2) is 42.6 Å². The van der Waals surface area contributed by atoms with Crippen molar-refractivity contribution in [3.8, 4) is 23.0 Å². The van der Waals surface area contributed by atoms with Crippen molar-refractivity contribution in [2.24, 2.45) is 11.8 Å². The highest BCUT2D eigenvalue weighted by atomic mass is 19.1. The van der Waals surface area contributed by atoms with Gasteiger partial charge in [0.25, 0.3) is 0 Å². The Bertz CT molecular complexity index is 1640. The van der Waals surface area contributed by atoms with E-state index in [2.05, 4.69) is 15.3 Å². The Morgan fingerprint density at radius 1 is 1.15 bits per heavy atom. The van der Waals surface area contributed by atoms with E-state index < -0.39 is 12.0 Å². The maximum atomic E-state index is 16.6. The Morgan fingerprint density at radius 2 is 2.05 bits per heavy atom. The molecule has 4 aliphatic rings. The van der Waals surface area contributed by atoms with Crippen molar-refractivity contribution in [3.05, 3.63) is 54.1 Å². The minimum atomic E-state index is -0.859. The second-order valence-electron chi connectivity index (χ2n) is 12.0. The number of halogens is 2. The van der Waals surface area contributed by atoms with E-state index in [9.17, 15) is 9.50 Å². The molecule has 0 radical (unpaired) electrons. The third-order valence-corrected chi connectivity index (χ3v) is 9.61. The van der Waals surface area contributed by atoms with Crippen molar-refractivity contribution >= 4 is 21.7 Å². The normalized spacial score (nSPS) is 31.2. The molecule has 0 spiro atoms. The molecule has 2 aromatic heterocycles. The minimum Gasteiger partial charge on any atom is -0.508 e. The number of benzene rings is 2. The van der Waals surface area contributed by atoms with Crippen LogP contribution in [0.1, 0.15) is 37.8 Å². The highest BCUT2D eigenvalue weighted by Gasteiger charge is 2.58. The molecule has 4 fully saturated rings. The van der Waals surface area contributed by atoms with Gasteiger partial charge in [-0.1, -0.05) is 24.3 Å². The lowest BCUT2D eigenvalue weighted by atomic mass is 9.86. The summed E-state index contributed by atoms with van der Waals surface area (Å²) in [6.45, 7) is 2.89. The van der Waals surface area contributed by atoms with E-state index in [1.165, 1.54) is 0 Å². The van der Waals surface area contributed by atoms with Crippen molar-refractivity contribution in [3.63, 3.8) is 0 Å². The predicted molar refractivity (Wildman–Crippen MR) is 147 cm³/mol. The van der Waals surface area contributed by atoms with E-state index in [4.69, 9.17) is 9.72 Å². The Hall–Kier alpha value is -3.43. The zero-order valence-electron chi connectivity index (χ0n) is 22.1. The molecule has 2 N–H and O–H groups in total. The fourth-order valence-corrected chi connectivity index (χ4v) is 7.59. The van der Waals surface area contributed by atoms with E-state index in [0.29, 0.717) is 29.8 Å². The van der Waals surface area contributed by atoms with Crippen LogP contribution in [-0.4, -0.2) is 63.5 Å². The molecule has 4 unspecified atom stereocenters. The van der Waals surface area contributed by atoms with Gasteiger partial charge in [0.05, 0.1) is 5.69 Å². The Kier molecular flexibility index (Phi) is 5.51. The van der Waals surface area contributed by atoms with Crippen LogP contribution in [-0.2, 0) is 5.41 Å². The first kappa shape index (κ1) is 24.4. The Morgan fingerprint density at radius 3 is 2.92 bits per heavy atom. The number of phenolic OH excluding ortho intramolecular Hbond substituents is 1. The van der Waals surface area contributed by atoms with Gasteiger partial charge in [-0.15, -0.1) is 0 Å². The van der Waals surface area contributed by atoms with Crippen LogP contribution >= 0.6 is 0 Å². The largest absolute Gasteiger partial charge is 0.508 e. The number of nitrogens with zero attached hydrogens (tertiary/aromatic N) is 4. The first-order chi connectivity index (χ1) is 19.5. The summed E-state index contributed by atoms with van der Waals surface area (Å²) in [6, 6.07) is 10.9. The lowest BCUT2D eigenvalue weighted by molar-refractivity contribution is -0.0990. The first-order valence-electron chi connectivity index (χ1n) is 14.3. The van der Waals surface area contributed by atoms with Gasteiger partial charge < -0.3 is 15.2 Å². The zero-order chi connectivity index (χ0) is 27.0. The number of ether oxygens (including phenoxy) is 1. The van der Waals surface area contributed by atoms with Gasteiger partial charge in [-0.25, -0.2) is 8.78 Å². The number of hydrogen-bond acceptors (Lipinski definition) is 7. The van der Waals surface area contributed by atoms with Crippen LogP contribution in [0.3, 0.4) is 0 Å². The molecule has 8 rings (SSSR count). The third kappa shape index (κ3) is 3.78. The van der Waals surface area contributed by atoms with Crippen LogP contribution in [0.4, 0.5) is 8.78 Å². The number of piperidine rings is 3. The van der Waals surface area contributed by atoms with E-state index in [1.807, 2.05) is 29.2 Å². The second kappa shape index (κ2) is 9.04. The first-order valence-corrected chi connectivity index (χ1v) is 14.3. The SMILES string of the molecule is Oc1cc(-c2ncc3c(C45CCNCC4C5)nc(OC4[C@@H]5CCCN4C[C@H](F)C5)nc3c2F)c2ccccc2c1. The average Bonchev–Trinajstić information content (AvgIpc) is 3.69. The molecule has 3 saturated heterocycles. The number of pyridine rings is 1. The molecule has 5 heterocycles. The number of phenols is 1. The fourth-order valence-electron chi connectivity index (χ4n) is 7.59. The third-order valence-electron chi connectivity index (χ3n) is 9.61. The van der Waals surface area contributed by atoms with Gasteiger partial charge in [-0.2, -0.15) is 9.97 Å². The number of alkyl halides is 1.